The van der Waals surface area contributed by atoms with Crippen molar-refractivity contribution in [2.24, 2.45) is 5.92 Å². The van der Waals surface area contributed by atoms with Crippen LogP contribution in [0.4, 0.5) is 0 Å². The molecule has 3 aromatic rings. The fourth-order valence-corrected chi connectivity index (χ4v) is 2.94. The molecule has 0 fully saturated rings. The molecule has 0 amide bonds. The Morgan fingerprint density at radius 2 is 1.58 bits per heavy atom. The highest BCUT2D eigenvalue weighted by Crippen LogP contribution is 2.28. The van der Waals surface area contributed by atoms with Gasteiger partial charge < -0.3 is 4.98 Å². The van der Waals surface area contributed by atoms with Gasteiger partial charge in [0, 0.05) is 11.1 Å². The molecule has 4 heteroatoms. The Morgan fingerprint density at radius 1 is 0.917 bits per heavy atom. The summed E-state index contributed by atoms with van der Waals surface area (Å²) in [6.45, 7) is 0. The minimum Gasteiger partial charge on any atom is -0.345 e. The second-order valence-corrected chi connectivity index (χ2v) is 5.70. The van der Waals surface area contributed by atoms with Gasteiger partial charge in [0.25, 0.3) is 0 Å². The molecule has 4 rings (SSSR count). The van der Waals surface area contributed by atoms with Crippen LogP contribution in [0.1, 0.15) is 26.3 Å². The van der Waals surface area contributed by atoms with Crippen molar-refractivity contribution >= 4 is 17.6 Å². The van der Waals surface area contributed by atoms with Gasteiger partial charge in [-0.2, -0.15) is 0 Å². The van der Waals surface area contributed by atoms with Crippen molar-refractivity contribution in [3.63, 3.8) is 0 Å². The number of hydrogen-bond donors (Lipinski definition) is 1. The molecule has 4 nitrogen and oxygen atoms in total. The van der Waals surface area contributed by atoms with Gasteiger partial charge in [0.15, 0.2) is 11.6 Å². The van der Waals surface area contributed by atoms with E-state index in [9.17, 15) is 9.59 Å². The van der Waals surface area contributed by atoms with Crippen LogP contribution in [0, 0.1) is 5.92 Å². The van der Waals surface area contributed by atoms with E-state index in [-0.39, 0.29) is 11.6 Å². The predicted octanol–water partition coefficient (Wildman–Crippen LogP) is 3.79. The summed E-state index contributed by atoms with van der Waals surface area (Å²) in [5.74, 6) is -0.962. The molecule has 0 spiro atoms. The van der Waals surface area contributed by atoms with Crippen molar-refractivity contribution in [1.82, 2.24) is 9.97 Å². The van der Waals surface area contributed by atoms with E-state index in [4.69, 9.17) is 0 Å². The number of rotatable bonds is 3. The zero-order chi connectivity index (χ0) is 16.5. The lowest BCUT2D eigenvalue weighted by Crippen LogP contribution is -2.11. The van der Waals surface area contributed by atoms with Crippen LogP contribution in [0.25, 0.3) is 17.3 Å². The number of ketones is 2. The van der Waals surface area contributed by atoms with Gasteiger partial charge in [0.05, 0.1) is 18.2 Å². The zero-order valence-corrected chi connectivity index (χ0v) is 12.8. The SMILES string of the molecule is O=C1c2ccccc2C(=O)C1C=Cc1ccc(-c2cnc[nH]2)cc1. The zero-order valence-electron chi connectivity index (χ0n) is 12.8. The number of allylic oxidation sites excluding steroid dienone is 1. The number of aromatic amines is 1. The molecule has 1 aromatic heterocycles. The van der Waals surface area contributed by atoms with Gasteiger partial charge in [0.1, 0.15) is 5.92 Å². The number of H-pyrrole nitrogens is 1. The van der Waals surface area contributed by atoms with Crippen LogP contribution in [0.3, 0.4) is 0 Å². The number of carbonyl (C=O) groups excluding carboxylic acids is 2. The number of hydrogen-bond acceptors (Lipinski definition) is 3. The Hall–Kier alpha value is -3.27. The van der Waals surface area contributed by atoms with Crippen molar-refractivity contribution in [2.45, 2.75) is 0 Å². The largest absolute Gasteiger partial charge is 0.345 e. The van der Waals surface area contributed by atoms with Crippen LogP contribution in [0.2, 0.25) is 0 Å². The van der Waals surface area contributed by atoms with Gasteiger partial charge >= 0.3 is 0 Å². The molecule has 116 valence electrons. The number of imidazole rings is 1. The summed E-state index contributed by atoms with van der Waals surface area (Å²) in [5.41, 5.74) is 3.96. The summed E-state index contributed by atoms with van der Waals surface area (Å²) >= 11 is 0. The van der Waals surface area contributed by atoms with Crippen molar-refractivity contribution < 1.29 is 9.59 Å². The minimum absolute atomic E-state index is 0.124. The van der Waals surface area contributed by atoms with Gasteiger partial charge in [-0.25, -0.2) is 4.98 Å². The van der Waals surface area contributed by atoms with Crippen molar-refractivity contribution in [3.8, 4) is 11.3 Å². The second-order valence-electron chi connectivity index (χ2n) is 5.70. The minimum atomic E-state index is -0.713. The van der Waals surface area contributed by atoms with Crippen LogP contribution in [-0.4, -0.2) is 21.5 Å². The molecule has 1 heterocycles. The summed E-state index contributed by atoms with van der Waals surface area (Å²) in [6, 6.07) is 14.8. The molecule has 0 saturated heterocycles. The molecule has 0 atom stereocenters. The van der Waals surface area contributed by atoms with E-state index in [0.717, 1.165) is 16.8 Å². The highest BCUT2D eigenvalue weighted by molar-refractivity contribution is 6.27. The molecule has 0 saturated carbocycles. The lowest BCUT2D eigenvalue weighted by molar-refractivity contribution is 0.0872. The van der Waals surface area contributed by atoms with Gasteiger partial charge in [-0.15, -0.1) is 0 Å². The maximum atomic E-state index is 12.4. The van der Waals surface area contributed by atoms with Crippen LogP contribution >= 0.6 is 0 Å². The average molecular weight is 314 g/mol. The molecule has 0 bridgehead atoms. The summed E-state index contributed by atoms with van der Waals surface area (Å²) in [7, 11) is 0. The number of carbonyl (C=O) groups is 2. The van der Waals surface area contributed by atoms with E-state index in [1.54, 1.807) is 42.9 Å². The Bertz CT molecular complexity index is 903. The van der Waals surface area contributed by atoms with Gasteiger partial charge in [-0.1, -0.05) is 60.7 Å². The highest BCUT2D eigenvalue weighted by Gasteiger charge is 2.36. The molecular weight excluding hydrogens is 300 g/mol. The molecule has 2 aromatic carbocycles. The first kappa shape index (κ1) is 14.3. The normalized spacial score (nSPS) is 14.5. The first-order valence-corrected chi connectivity index (χ1v) is 7.68. The maximum Gasteiger partial charge on any atom is 0.178 e. The van der Waals surface area contributed by atoms with Crippen molar-refractivity contribution in [3.05, 3.63) is 83.8 Å². The van der Waals surface area contributed by atoms with E-state index >= 15 is 0 Å². The van der Waals surface area contributed by atoms with Gasteiger partial charge in [0.2, 0.25) is 0 Å². The van der Waals surface area contributed by atoms with Crippen molar-refractivity contribution in [1.29, 1.82) is 0 Å². The van der Waals surface area contributed by atoms with Crippen LogP contribution in [0.5, 0.6) is 0 Å². The molecular formula is C20H14N2O2. The molecule has 0 aliphatic heterocycles. The summed E-state index contributed by atoms with van der Waals surface area (Å²) in [4.78, 5) is 31.8. The number of nitrogens with zero attached hydrogens (tertiary/aromatic N) is 1. The van der Waals surface area contributed by atoms with Crippen LogP contribution in [0.15, 0.2) is 67.1 Å². The third-order valence-electron chi connectivity index (χ3n) is 4.22. The molecule has 24 heavy (non-hydrogen) atoms. The fraction of sp³-hybridized carbons (Fsp3) is 0.0500. The van der Waals surface area contributed by atoms with Crippen LogP contribution in [-0.2, 0) is 0 Å². The third-order valence-corrected chi connectivity index (χ3v) is 4.22. The Labute approximate surface area is 138 Å². The summed E-state index contributed by atoms with van der Waals surface area (Å²) in [6.07, 6.45) is 6.91. The Kier molecular flexibility index (Phi) is 3.43. The number of Topliss-reactive ketones (excluding diaryl/α,β-unsaturated/α-hetero) is 2. The van der Waals surface area contributed by atoms with E-state index in [2.05, 4.69) is 9.97 Å². The van der Waals surface area contributed by atoms with E-state index in [1.165, 1.54) is 0 Å². The number of fused-ring (bicyclic) bond motifs is 1. The Balaban J connectivity index is 1.56. The lowest BCUT2D eigenvalue weighted by Gasteiger charge is -2.01. The second kappa shape index (κ2) is 5.74. The molecule has 1 aliphatic rings. The monoisotopic (exact) mass is 314 g/mol. The quantitative estimate of drug-likeness (QED) is 0.748. The predicted molar refractivity (Wildman–Crippen MR) is 91.7 cm³/mol. The van der Waals surface area contributed by atoms with Crippen molar-refractivity contribution in [2.75, 3.05) is 0 Å². The molecule has 1 N–H and O–H groups in total. The molecule has 0 unspecified atom stereocenters. The summed E-state index contributed by atoms with van der Waals surface area (Å²) < 4.78 is 0. The lowest BCUT2D eigenvalue weighted by atomic mass is 10.0. The number of benzene rings is 2. The van der Waals surface area contributed by atoms with E-state index in [0.29, 0.717) is 11.1 Å². The average Bonchev–Trinajstić information content (AvgIpc) is 3.23. The van der Waals surface area contributed by atoms with Crippen LogP contribution < -0.4 is 0 Å². The fourth-order valence-electron chi connectivity index (χ4n) is 2.94. The smallest absolute Gasteiger partial charge is 0.178 e. The first-order chi connectivity index (χ1) is 11.7. The van der Waals surface area contributed by atoms with E-state index in [1.807, 2.05) is 30.3 Å². The standard InChI is InChI=1S/C20H14N2O2/c23-19-15-3-1-2-4-16(15)20(24)17(19)10-7-13-5-8-14(9-6-13)18-11-21-12-22-18/h1-12,17H,(H,21,22). The summed E-state index contributed by atoms with van der Waals surface area (Å²) in [5, 5.41) is 0. The third kappa shape index (κ3) is 2.38. The number of aromatic nitrogens is 2. The molecule has 1 aliphatic carbocycles. The maximum absolute atomic E-state index is 12.4. The highest BCUT2D eigenvalue weighted by atomic mass is 16.2. The molecule has 0 radical (unpaired) electrons. The van der Waals surface area contributed by atoms with Gasteiger partial charge in [-0.3, -0.25) is 9.59 Å². The first-order valence-electron chi connectivity index (χ1n) is 7.68. The topological polar surface area (TPSA) is 62.8 Å². The van der Waals surface area contributed by atoms with E-state index < -0.39 is 5.92 Å². The van der Waals surface area contributed by atoms with Gasteiger partial charge in [-0.05, 0) is 11.1 Å². The Morgan fingerprint density at radius 3 is 2.17 bits per heavy atom. The number of nitrogens with one attached hydrogen (secondary N) is 1.